The third-order valence-corrected chi connectivity index (χ3v) is 5.76. The summed E-state index contributed by atoms with van der Waals surface area (Å²) < 4.78 is 10.8. The summed E-state index contributed by atoms with van der Waals surface area (Å²) in [5.74, 6) is 0.469. The normalized spacial score (nSPS) is 15.2. The molecule has 2 aromatic rings. The number of rotatable bonds is 11. The Morgan fingerprint density at radius 1 is 1.11 bits per heavy atom. The molecule has 35 heavy (non-hydrogen) atoms. The number of carbonyl (C=O) groups is 3. The molecule has 0 spiro atoms. The Labute approximate surface area is 210 Å². The van der Waals surface area contributed by atoms with Gasteiger partial charge >= 0.3 is 0 Å². The molecule has 0 aliphatic carbocycles. The quantitative estimate of drug-likeness (QED) is 0.460. The molecule has 186 valence electrons. The third-order valence-electron chi connectivity index (χ3n) is 5.35. The maximum atomic E-state index is 13.4. The Balaban J connectivity index is 1.75. The van der Waals surface area contributed by atoms with Crippen molar-refractivity contribution in [1.29, 1.82) is 0 Å². The number of anilines is 2. The molecule has 0 bridgehead atoms. The molecule has 0 unspecified atom stereocenters. The summed E-state index contributed by atoms with van der Waals surface area (Å²) in [6, 6.07) is 13.3. The number of carbonyl (C=O) groups excluding carboxylic acids is 3. The van der Waals surface area contributed by atoms with E-state index >= 15 is 0 Å². The van der Waals surface area contributed by atoms with Crippen LogP contribution in [-0.2, 0) is 14.4 Å². The summed E-state index contributed by atoms with van der Waals surface area (Å²) in [6.45, 7) is 4.63. The van der Waals surface area contributed by atoms with Gasteiger partial charge in [-0.05, 0) is 55.0 Å². The van der Waals surface area contributed by atoms with Crippen molar-refractivity contribution in [2.75, 3.05) is 37.0 Å². The van der Waals surface area contributed by atoms with E-state index in [9.17, 15) is 14.4 Å². The van der Waals surface area contributed by atoms with Gasteiger partial charge in [-0.25, -0.2) is 0 Å². The molecule has 2 aromatic carbocycles. The van der Waals surface area contributed by atoms with Crippen LogP contribution in [0.4, 0.5) is 11.4 Å². The summed E-state index contributed by atoms with van der Waals surface area (Å²) in [5.41, 5.74) is 1.15. The average molecular weight is 499 g/mol. The highest BCUT2D eigenvalue weighted by molar-refractivity contribution is 7.80. The maximum absolute atomic E-state index is 13.4. The van der Waals surface area contributed by atoms with Crippen LogP contribution in [0.3, 0.4) is 0 Å². The van der Waals surface area contributed by atoms with E-state index in [-0.39, 0.29) is 42.3 Å². The van der Waals surface area contributed by atoms with Gasteiger partial charge in [0, 0.05) is 31.8 Å². The SMILES string of the molecule is CCCOc1ccc(NC(=O)C[C@H]2C(=O)N(c3cccc(OC)c3)C(=S)N2CCNC(C)=O)cc1. The average Bonchev–Trinajstić information content (AvgIpc) is 3.07. The first kappa shape index (κ1) is 26.0. The highest BCUT2D eigenvalue weighted by atomic mass is 32.1. The highest BCUT2D eigenvalue weighted by Crippen LogP contribution is 2.29. The predicted molar refractivity (Wildman–Crippen MR) is 138 cm³/mol. The molecular weight excluding hydrogens is 468 g/mol. The molecule has 1 heterocycles. The summed E-state index contributed by atoms with van der Waals surface area (Å²) >= 11 is 5.62. The lowest BCUT2D eigenvalue weighted by molar-refractivity contribution is -0.124. The van der Waals surface area contributed by atoms with Gasteiger partial charge in [-0.1, -0.05) is 13.0 Å². The van der Waals surface area contributed by atoms with Crippen molar-refractivity contribution in [3.8, 4) is 11.5 Å². The van der Waals surface area contributed by atoms with E-state index < -0.39 is 6.04 Å². The minimum Gasteiger partial charge on any atom is -0.497 e. The van der Waals surface area contributed by atoms with Crippen LogP contribution < -0.4 is 25.0 Å². The first-order chi connectivity index (χ1) is 16.8. The number of methoxy groups -OCH3 is 1. The largest absolute Gasteiger partial charge is 0.497 e. The van der Waals surface area contributed by atoms with Gasteiger partial charge in [-0.15, -0.1) is 0 Å². The highest BCUT2D eigenvalue weighted by Gasteiger charge is 2.44. The number of amides is 3. The Bertz CT molecular complexity index is 1080. The molecule has 0 radical (unpaired) electrons. The van der Waals surface area contributed by atoms with Gasteiger partial charge < -0.3 is 25.0 Å². The van der Waals surface area contributed by atoms with E-state index in [2.05, 4.69) is 10.6 Å². The van der Waals surface area contributed by atoms with E-state index in [1.54, 1.807) is 60.5 Å². The molecule has 0 saturated carbocycles. The molecule has 3 rings (SSSR count). The van der Waals surface area contributed by atoms with Crippen LogP contribution in [0.15, 0.2) is 48.5 Å². The van der Waals surface area contributed by atoms with E-state index in [0.29, 0.717) is 23.7 Å². The lowest BCUT2D eigenvalue weighted by Gasteiger charge is -2.24. The van der Waals surface area contributed by atoms with E-state index in [1.807, 2.05) is 6.92 Å². The van der Waals surface area contributed by atoms with Crippen LogP contribution in [0.1, 0.15) is 26.7 Å². The van der Waals surface area contributed by atoms with Crippen molar-refractivity contribution < 1.29 is 23.9 Å². The van der Waals surface area contributed by atoms with Gasteiger partial charge in [0.15, 0.2) is 5.11 Å². The van der Waals surface area contributed by atoms with E-state index in [4.69, 9.17) is 21.7 Å². The molecule has 3 amide bonds. The number of hydrogen-bond donors (Lipinski definition) is 2. The minimum absolute atomic E-state index is 0.104. The van der Waals surface area contributed by atoms with Crippen molar-refractivity contribution in [3.63, 3.8) is 0 Å². The standard InChI is InChI=1S/C25H30N4O5S/c1-4-14-34-20-10-8-18(9-11-20)27-23(31)16-22-24(32)29(19-6-5-7-21(15-19)33-3)25(35)28(22)13-12-26-17(2)30/h5-11,15,22H,4,12-14,16H2,1-3H3,(H,26,30)(H,27,31)/t22-/m0/s1. The second kappa shape index (κ2) is 12.2. The van der Waals surface area contributed by atoms with Gasteiger partial charge in [-0.2, -0.15) is 0 Å². The second-order valence-corrected chi connectivity index (χ2v) is 8.34. The number of hydrogen-bond acceptors (Lipinski definition) is 6. The number of ether oxygens (including phenoxy) is 2. The van der Waals surface area contributed by atoms with Gasteiger partial charge in [0.25, 0.3) is 5.91 Å². The maximum Gasteiger partial charge on any atom is 0.256 e. The van der Waals surface area contributed by atoms with Gasteiger partial charge in [-0.3, -0.25) is 19.3 Å². The fourth-order valence-corrected chi connectivity index (χ4v) is 4.08. The lowest BCUT2D eigenvalue weighted by atomic mass is 10.1. The number of benzene rings is 2. The molecule has 1 fully saturated rings. The zero-order valence-electron chi connectivity index (χ0n) is 20.1. The summed E-state index contributed by atoms with van der Waals surface area (Å²) in [4.78, 5) is 40.7. The predicted octanol–water partition coefficient (Wildman–Crippen LogP) is 2.95. The van der Waals surface area contributed by atoms with Crippen molar-refractivity contribution in [2.24, 2.45) is 0 Å². The first-order valence-corrected chi connectivity index (χ1v) is 11.8. The number of nitrogens with one attached hydrogen (secondary N) is 2. The first-order valence-electron chi connectivity index (χ1n) is 11.4. The van der Waals surface area contributed by atoms with Gasteiger partial charge in [0.2, 0.25) is 11.8 Å². The number of thiocarbonyl (C=S) groups is 1. The van der Waals surface area contributed by atoms with Crippen molar-refractivity contribution in [3.05, 3.63) is 48.5 Å². The van der Waals surface area contributed by atoms with Gasteiger partial charge in [0.1, 0.15) is 17.5 Å². The second-order valence-electron chi connectivity index (χ2n) is 7.97. The zero-order valence-corrected chi connectivity index (χ0v) is 20.9. The Kier molecular flexibility index (Phi) is 9.02. The molecule has 10 heteroatoms. The van der Waals surface area contributed by atoms with Crippen LogP contribution in [-0.4, -0.2) is 60.6 Å². The minimum atomic E-state index is -0.811. The van der Waals surface area contributed by atoms with Crippen molar-refractivity contribution in [1.82, 2.24) is 10.2 Å². The van der Waals surface area contributed by atoms with Crippen LogP contribution in [0.25, 0.3) is 0 Å². The van der Waals surface area contributed by atoms with Gasteiger partial charge in [0.05, 0.1) is 25.8 Å². The fourth-order valence-electron chi connectivity index (χ4n) is 3.67. The zero-order chi connectivity index (χ0) is 25.4. The summed E-state index contributed by atoms with van der Waals surface area (Å²) in [5, 5.41) is 5.81. The van der Waals surface area contributed by atoms with Crippen LogP contribution in [0, 0.1) is 0 Å². The van der Waals surface area contributed by atoms with Crippen molar-refractivity contribution in [2.45, 2.75) is 32.7 Å². The van der Waals surface area contributed by atoms with E-state index in [1.165, 1.54) is 11.8 Å². The summed E-state index contributed by atoms with van der Waals surface area (Å²) in [6.07, 6.45) is 0.800. The molecular formula is C25H30N4O5S. The third kappa shape index (κ3) is 6.69. The van der Waals surface area contributed by atoms with Crippen LogP contribution in [0.2, 0.25) is 0 Å². The summed E-state index contributed by atoms with van der Waals surface area (Å²) in [7, 11) is 1.54. The molecule has 1 aliphatic rings. The lowest BCUT2D eigenvalue weighted by Crippen LogP contribution is -2.42. The van der Waals surface area contributed by atoms with Crippen LogP contribution in [0.5, 0.6) is 11.5 Å². The Morgan fingerprint density at radius 2 is 1.86 bits per heavy atom. The molecule has 1 atom stereocenters. The molecule has 1 aliphatic heterocycles. The smallest absolute Gasteiger partial charge is 0.256 e. The number of nitrogens with zero attached hydrogens (tertiary/aromatic N) is 2. The molecule has 0 aromatic heterocycles. The molecule has 1 saturated heterocycles. The monoisotopic (exact) mass is 498 g/mol. The van der Waals surface area contributed by atoms with Crippen molar-refractivity contribution >= 4 is 46.4 Å². The molecule has 9 nitrogen and oxygen atoms in total. The topological polar surface area (TPSA) is 100 Å². The van der Waals surface area contributed by atoms with Crippen LogP contribution >= 0.6 is 12.2 Å². The van der Waals surface area contributed by atoms with E-state index in [0.717, 1.165) is 12.2 Å². The Morgan fingerprint density at radius 3 is 2.51 bits per heavy atom. The fraction of sp³-hybridized carbons (Fsp3) is 0.360. The Hall–Kier alpha value is -3.66. The molecule has 2 N–H and O–H groups in total.